The summed E-state index contributed by atoms with van der Waals surface area (Å²) < 4.78 is 4.92. The molecule has 11 heavy (non-hydrogen) atoms. The van der Waals surface area contributed by atoms with Crippen LogP contribution in [0.3, 0.4) is 0 Å². The van der Waals surface area contributed by atoms with E-state index in [1.165, 1.54) is 0 Å². The topological polar surface area (TPSA) is 29.5 Å². The number of methoxy groups -OCH3 is 1. The summed E-state index contributed by atoms with van der Waals surface area (Å²) >= 11 is 0. The van der Waals surface area contributed by atoms with Crippen LogP contribution in [0.2, 0.25) is 0 Å². The Bertz CT molecular complexity index is 243. The van der Waals surface area contributed by atoms with Gasteiger partial charge in [0.2, 0.25) is 0 Å². The van der Waals surface area contributed by atoms with Crippen molar-refractivity contribution in [2.75, 3.05) is 7.11 Å². The monoisotopic (exact) mass is 151 g/mol. The van der Waals surface area contributed by atoms with Crippen LogP contribution in [0.15, 0.2) is 18.2 Å². The predicted molar refractivity (Wildman–Crippen MR) is 43.7 cm³/mol. The van der Waals surface area contributed by atoms with Crippen molar-refractivity contribution < 1.29 is 9.84 Å². The molecule has 0 aliphatic carbocycles. The molecule has 0 spiro atoms. The summed E-state index contributed by atoms with van der Waals surface area (Å²) in [4.78, 5) is 0. The normalized spacial score (nSPS) is 9.64. The maximum Gasteiger partial charge on any atom is 0.122 e. The highest BCUT2D eigenvalue weighted by Crippen LogP contribution is 2.23. The Hall–Kier alpha value is -1.18. The zero-order valence-electron chi connectivity index (χ0n) is 6.66. The highest BCUT2D eigenvalue weighted by molar-refractivity contribution is 5.42. The number of phenolic OH excluding ortho intramolecular Hbond substituents is 1. The number of hydrogen-bond acceptors (Lipinski definition) is 2. The largest absolute Gasteiger partial charge is 0.508 e. The average Bonchev–Trinajstić information content (AvgIpc) is 2.04. The lowest BCUT2D eigenvalue weighted by Gasteiger charge is -2.03. The van der Waals surface area contributed by atoms with Crippen LogP contribution in [0.25, 0.3) is 0 Å². The van der Waals surface area contributed by atoms with E-state index in [4.69, 9.17) is 4.74 Å². The Morgan fingerprint density at radius 2 is 2.18 bits per heavy atom. The van der Waals surface area contributed by atoms with Gasteiger partial charge in [0.15, 0.2) is 0 Å². The Morgan fingerprint density at radius 1 is 1.45 bits per heavy atom. The molecule has 2 nitrogen and oxygen atoms in total. The summed E-state index contributed by atoms with van der Waals surface area (Å²) in [7, 11) is 1.57. The van der Waals surface area contributed by atoms with Gasteiger partial charge in [0.05, 0.1) is 7.11 Å². The van der Waals surface area contributed by atoms with E-state index in [1.54, 1.807) is 13.2 Å². The van der Waals surface area contributed by atoms with Crippen molar-refractivity contribution in [1.29, 1.82) is 0 Å². The fourth-order valence-corrected chi connectivity index (χ4v) is 0.895. The molecule has 0 atom stereocenters. The fourth-order valence-electron chi connectivity index (χ4n) is 0.895. The molecule has 0 unspecified atom stereocenters. The van der Waals surface area contributed by atoms with Gasteiger partial charge in [-0.25, -0.2) is 0 Å². The zero-order chi connectivity index (χ0) is 8.27. The molecule has 1 rings (SSSR count). The molecule has 59 valence electrons. The summed E-state index contributed by atoms with van der Waals surface area (Å²) in [5.41, 5.74) is 0.825. The van der Waals surface area contributed by atoms with Gasteiger partial charge in [-0.1, -0.05) is 13.0 Å². The van der Waals surface area contributed by atoms with Crippen molar-refractivity contribution in [3.63, 3.8) is 0 Å². The summed E-state index contributed by atoms with van der Waals surface area (Å²) in [6, 6.07) is 5.22. The molecule has 0 aliphatic rings. The standard InChI is InChI=1S/C9H11O2/c1-3-7-4-5-8(11-2)6-9(7)10/h3-6,10H,1-2H3. The third-order valence-corrected chi connectivity index (χ3v) is 1.55. The molecule has 2 heteroatoms. The molecule has 0 aliphatic heterocycles. The van der Waals surface area contributed by atoms with E-state index in [-0.39, 0.29) is 5.75 Å². The maximum atomic E-state index is 9.31. The van der Waals surface area contributed by atoms with Crippen LogP contribution in [0, 0.1) is 6.42 Å². The van der Waals surface area contributed by atoms with Crippen molar-refractivity contribution in [2.45, 2.75) is 6.92 Å². The van der Waals surface area contributed by atoms with Gasteiger partial charge in [-0.15, -0.1) is 0 Å². The Morgan fingerprint density at radius 3 is 2.64 bits per heavy atom. The Labute approximate surface area is 66.4 Å². The summed E-state index contributed by atoms with van der Waals surface area (Å²) in [5.74, 6) is 0.931. The van der Waals surface area contributed by atoms with Crippen molar-refractivity contribution in [2.24, 2.45) is 0 Å². The van der Waals surface area contributed by atoms with Crippen molar-refractivity contribution in [1.82, 2.24) is 0 Å². The average molecular weight is 151 g/mol. The lowest BCUT2D eigenvalue weighted by atomic mass is 10.1. The first kappa shape index (κ1) is 7.92. The van der Waals surface area contributed by atoms with Crippen molar-refractivity contribution >= 4 is 0 Å². The molecule has 0 aromatic heterocycles. The molecular formula is C9H11O2. The van der Waals surface area contributed by atoms with Crippen LogP contribution in [-0.4, -0.2) is 12.2 Å². The van der Waals surface area contributed by atoms with Crippen molar-refractivity contribution in [3.05, 3.63) is 30.2 Å². The molecule has 0 saturated heterocycles. The smallest absolute Gasteiger partial charge is 0.122 e. The van der Waals surface area contributed by atoms with E-state index < -0.39 is 0 Å². The van der Waals surface area contributed by atoms with Crippen LogP contribution in [0.5, 0.6) is 11.5 Å². The lowest BCUT2D eigenvalue weighted by molar-refractivity contribution is 0.407. The highest BCUT2D eigenvalue weighted by atomic mass is 16.5. The van der Waals surface area contributed by atoms with E-state index in [0.717, 1.165) is 5.56 Å². The van der Waals surface area contributed by atoms with E-state index in [2.05, 4.69) is 0 Å². The van der Waals surface area contributed by atoms with Gasteiger partial charge in [0.1, 0.15) is 11.5 Å². The molecular weight excluding hydrogens is 140 g/mol. The van der Waals surface area contributed by atoms with Crippen molar-refractivity contribution in [3.8, 4) is 11.5 Å². The maximum absolute atomic E-state index is 9.31. The van der Waals surface area contributed by atoms with Crippen LogP contribution >= 0.6 is 0 Å². The molecule has 1 aromatic carbocycles. The first-order valence-electron chi connectivity index (χ1n) is 3.44. The number of phenols is 1. The van der Waals surface area contributed by atoms with Crippen LogP contribution < -0.4 is 4.74 Å². The SMILES string of the molecule is C[CH]c1ccc(OC)cc1O. The van der Waals surface area contributed by atoms with Gasteiger partial charge in [-0.3, -0.25) is 0 Å². The van der Waals surface area contributed by atoms with Crippen LogP contribution in [-0.2, 0) is 0 Å². The third kappa shape index (κ3) is 1.64. The number of rotatable bonds is 2. The van der Waals surface area contributed by atoms with E-state index >= 15 is 0 Å². The van der Waals surface area contributed by atoms with Gasteiger partial charge in [-0.2, -0.15) is 0 Å². The molecule has 0 heterocycles. The number of ether oxygens (including phenoxy) is 1. The highest BCUT2D eigenvalue weighted by Gasteiger charge is 1.99. The number of aromatic hydroxyl groups is 1. The molecule has 0 bridgehead atoms. The molecule has 1 radical (unpaired) electrons. The van der Waals surface area contributed by atoms with Gasteiger partial charge in [-0.05, 0) is 18.1 Å². The number of hydrogen-bond donors (Lipinski definition) is 1. The summed E-state index contributed by atoms with van der Waals surface area (Å²) in [5, 5.41) is 9.31. The predicted octanol–water partition coefficient (Wildman–Crippen LogP) is 1.97. The number of benzene rings is 1. The summed E-state index contributed by atoms with van der Waals surface area (Å²) in [6.07, 6.45) is 1.84. The van der Waals surface area contributed by atoms with Gasteiger partial charge >= 0.3 is 0 Å². The minimum atomic E-state index is 0.256. The fraction of sp³-hybridized carbons (Fsp3) is 0.222. The summed E-state index contributed by atoms with van der Waals surface area (Å²) in [6.45, 7) is 1.88. The Kier molecular flexibility index (Phi) is 2.36. The quantitative estimate of drug-likeness (QED) is 0.700. The first-order chi connectivity index (χ1) is 5.27. The van der Waals surface area contributed by atoms with E-state index in [9.17, 15) is 5.11 Å². The molecule has 0 fully saturated rings. The van der Waals surface area contributed by atoms with Crippen LogP contribution in [0.1, 0.15) is 12.5 Å². The van der Waals surface area contributed by atoms with Gasteiger partial charge < -0.3 is 9.84 Å². The third-order valence-electron chi connectivity index (χ3n) is 1.55. The van der Waals surface area contributed by atoms with Gasteiger partial charge in [0.25, 0.3) is 0 Å². The van der Waals surface area contributed by atoms with Crippen LogP contribution in [0.4, 0.5) is 0 Å². The van der Waals surface area contributed by atoms with E-state index in [0.29, 0.717) is 5.75 Å². The first-order valence-corrected chi connectivity index (χ1v) is 3.44. The second kappa shape index (κ2) is 3.28. The Balaban J connectivity index is 2.99. The zero-order valence-corrected chi connectivity index (χ0v) is 6.66. The van der Waals surface area contributed by atoms with E-state index in [1.807, 2.05) is 25.5 Å². The molecule has 1 N–H and O–H groups in total. The minimum absolute atomic E-state index is 0.256. The second-order valence-electron chi connectivity index (χ2n) is 2.21. The molecule has 0 saturated carbocycles. The minimum Gasteiger partial charge on any atom is -0.508 e. The lowest BCUT2D eigenvalue weighted by Crippen LogP contribution is -1.84. The second-order valence-corrected chi connectivity index (χ2v) is 2.21. The van der Waals surface area contributed by atoms with Gasteiger partial charge in [0, 0.05) is 6.07 Å². The molecule has 0 amide bonds. The molecule has 1 aromatic rings.